The molecule has 3 aromatic carbocycles. The first-order valence-corrected chi connectivity index (χ1v) is 11.4. The fourth-order valence-electron chi connectivity index (χ4n) is 2.86. The maximum Gasteiger partial charge on any atom is 0.321 e. The van der Waals surface area contributed by atoms with Gasteiger partial charge < -0.3 is 15.0 Å². The second kappa shape index (κ2) is 9.99. The number of ether oxygens (including phenoxy) is 1. The highest BCUT2D eigenvalue weighted by molar-refractivity contribution is 7.92. The minimum Gasteiger partial charge on any atom is -0.457 e. The van der Waals surface area contributed by atoms with E-state index in [2.05, 4.69) is 10.0 Å². The van der Waals surface area contributed by atoms with Gasteiger partial charge in [0.05, 0.1) is 4.90 Å². The largest absolute Gasteiger partial charge is 0.457 e. The third-order valence-corrected chi connectivity index (χ3v) is 5.95. The zero-order chi connectivity index (χ0) is 22.3. The molecule has 31 heavy (non-hydrogen) atoms. The fourth-order valence-corrected chi connectivity index (χ4v) is 3.92. The van der Waals surface area contributed by atoms with Gasteiger partial charge in [-0.1, -0.05) is 18.2 Å². The molecule has 2 N–H and O–H groups in total. The van der Waals surface area contributed by atoms with Crippen molar-refractivity contribution < 1.29 is 17.9 Å². The molecule has 2 amide bonds. The summed E-state index contributed by atoms with van der Waals surface area (Å²) < 4.78 is 33.6. The first-order valence-electron chi connectivity index (χ1n) is 9.93. The molecule has 8 heteroatoms. The second-order valence-electron chi connectivity index (χ2n) is 6.67. The van der Waals surface area contributed by atoms with Gasteiger partial charge in [0.2, 0.25) is 0 Å². The summed E-state index contributed by atoms with van der Waals surface area (Å²) in [5, 5.41) is 2.76. The van der Waals surface area contributed by atoms with Gasteiger partial charge in [-0.15, -0.1) is 0 Å². The number of carbonyl (C=O) groups is 1. The van der Waals surface area contributed by atoms with Crippen LogP contribution in [0.5, 0.6) is 11.5 Å². The quantitative estimate of drug-likeness (QED) is 0.508. The van der Waals surface area contributed by atoms with E-state index in [1.165, 1.54) is 12.1 Å². The summed E-state index contributed by atoms with van der Waals surface area (Å²) >= 11 is 0. The molecule has 0 saturated carbocycles. The molecule has 0 aliphatic rings. The molecular weight excluding hydrogens is 414 g/mol. The molecule has 0 radical (unpaired) electrons. The average Bonchev–Trinajstić information content (AvgIpc) is 2.77. The van der Waals surface area contributed by atoms with Gasteiger partial charge in [0.1, 0.15) is 11.5 Å². The van der Waals surface area contributed by atoms with Gasteiger partial charge in [-0.2, -0.15) is 0 Å². The number of urea groups is 1. The molecular formula is C23H25N3O4S. The lowest BCUT2D eigenvalue weighted by Gasteiger charge is -2.19. The number of amides is 2. The molecule has 0 fully saturated rings. The Labute approximate surface area is 182 Å². The number of anilines is 2. The summed E-state index contributed by atoms with van der Waals surface area (Å²) in [6.07, 6.45) is 0. The molecule has 3 rings (SSSR count). The molecule has 3 aromatic rings. The topological polar surface area (TPSA) is 87.7 Å². The smallest absolute Gasteiger partial charge is 0.321 e. The number of benzene rings is 3. The lowest BCUT2D eigenvalue weighted by molar-refractivity contribution is 0.217. The van der Waals surface area contributed by atoms with Crippen LogP contribution in [0.4, 0.5) is 16.2 Å². The average molecular weight is 440 g/mol. The Kier molecular flexibility index (Phi) is 7.15. The van der Waals surface area contributed by atoms with Crippen LogP contribution in [0, 0.1) is 0 Å². The summed E-state index contributed by atoms with van der Waals surface area (Å²) in [5.41, 5.74) is 0.942. The normalized spacial score (nSPS) is 10.9. The van der Waals surface area contributed by atoms with Crippen LogP contribution < -0.4 is 14.8 Å². The van der Waals surface area contributed by atoms with Crippen molar-refractivity contribution in [3.63, 3.8) is 0 Å². The van der Waals surface area contributed by atoms with Crippen molar-refractivity contribution in [2.75, 3.05) is 23.1 Å². The lowest BCUT2D eigenvalue weighted by Crippen LogP contribution is -2.34. The minimum atomic E-state index is -3.77. The third kappa shape index (κ3) is 5.99. The van der Waals surface area contributed by atoms with Crippen molar-refractivity contribution in [2.24, 2.45) is 0 Å². The standard InChI is InChI=1S/C23H25N3O4S/c1-3-26(4-2)23(27)24-18-12-16-22(17-13-18)31(28,29)25-19-10-14-21(15-11-19)30-20-8-6-5-7-9-20/h5-17,25H,3-4H2,1-2H3,(H,24,27). The number of nitrogens with zero attached hydrogens (tertiary/aromatic N) is 1. The van der Waals surface area contributed by atoms with Gasteiger partial charge in [0, 0.05) is 24.5 Å². The van der Waals surface area contributed by atoms with Gasteiger partial charge in [-0.25, -0.2) is 13.2 Å². The van der Waals surface area contributed by atoms with Crippen LogP contribution in [0.25, 0.3) is 0 Å². The fraction of sp³-hybridized carbons (Fsp3) is 0.174. The molecule has 0 aromatic heterocycles. The third-order valence-electron chi connectivity index (χ3n) is 4.55. The van der Waals surface area contributed by atoms with Crippen LogP contribution in [-0.2, 0) is 10.0 Å². The maximum atomic E-state index is 12.7. The summed E-state index contributed by atoms with van der Waals surface area (Å²) in [5.74, 6) is 1.30. The Morgan fingerprint density at radius 2 is 1.35 bits per heavy atom. The van der Waals surface area contributed by atoms with Crippen LogP contribution >= 0.6 is 0 Å². The maximum absolute atomic E-state index is 12.7. The Morgan fingerprint density at radius 1 is 0.806 bits per heavy atom. The van der Waals surface area contributed by atoms with Crippen LogP contribution in [-0.4, -0.2) is 32.4 Å². The van der Waals surface area contributed by atoms with E-state index >= 15 is 0 Å². The van der Waals surface area contributed by atoms with Crippen molar-refractivity contribution in [3.05, 3.63) is 78.9 Å². The number of sulfonamides is 1. The minimum absolute atomic E-state index is 0.0953. The van der Waals surface area contributed by atoms with Gasteiger partial charge in [-0.3, -0.25) is 4.72 Å². The van der Waals surface area contributed by atoms with Gasteiger partial charge in [0.25, 0.3) is 10.0 Å². The SMILES string of the molecule is CCN(CC)C(=O)Nc1ccc(S(=O)(=O)Nc2ccc(Oc3ccccc3)cc2)cc1. The summed E-state index contributed by atoms with van der Waals surface area (Å²) in [6.45, 7) is 4.97. The molecule has 0 saturated heterocycles. The molecule has 0 atom stereocenters. The van der Waals surface area contributed by atoms with Crippen LogP contribution in [0.3, 0.4) is 0 Å². The van der Waals surface area contributed by atoms with E-state index < -0.39 is 10.0 Å². The van der Waals surface area contributed by atoms with Crippen LogP contribution in [0.1, 0.15) is 13.8 Å². The number of nitrogens with one attached hydrogen (secondary N) is 2. The first-order chi connectivity index (χ1) is 14.9. The van der Waals surface area contributed by atoms with E-state index in [1.54, 1.807) is 41.3 Å². The van der Waals surface area contributed by atoms with Gasteiger partial charge >= 0.3 is 6.03 Å². The summed E-state index contributed by atoms with van der Waals surface area (Å²) in [7, 11) is -3.77. The number of carbonyl (C=O) groups excluding carboxylic acids is 1. The molecule has 0 unspecified atom stereocenters. The highest BCUT2D eigenvalue weighted by Gasteiger charge is 2.15. The van der Waals surface area contributed by atoms with Crippen molar-refractivity contribution >= 4 is 27.4 Å². The van der Waals surface area contributed by atoms with E-state index in [1.807, 2.05) is 44.2 Å². The lowest BCUT2D eigenvalue weighted by atomic mass is 10.3. The van der Waals surface area contributed by atoms with E-state index in [9.17, 15) is 13.2 Å². The van der Waals surface area contributed by atoms with Crippen molar-refractivity contribution in [2.45, 2.75) is 18.7 Å². The van der Waals surface area contributed by atoms with Gasteiger partial charge in [0.15, 0.2) is 0 Å². The summed E-state index contributed by atoms with van der Waals surface area (Å²) in [4.78, 5) is 13.8. The zero-order valence-electron chi connectivity index (χ0n) is 17.4. The number of hydrogen-bond donors (Lipinski definition) is 2. The Bertz CT molecular complexity index is 1100. The van der Waals surface area contributed by atoms with Gasteiger partial charge in [-0.05, 0) is 74.5 Å². The van der Waals surface area contributed by atoms with Crippen molar-refractivity contribution in [1.82, 2.24) is 4.90 Å². The number of para-hydroxylation sites is 1. The predicted molar refractivity (Wildman–Crippen MR) is 122 cm³/mol. The van der Waals surface area contributed by atoms with E-state index in [4.69, 9.17) is 4.74 Å². The van der Waals surface area contributed by atoms with E-state index in [-0.39, 0.29) is 10.9 Å². The molecule has 0 heterocycles. The van der Waals surface area contributed by atoms with Crippen molar-refractivity contribution in [3.8, 4) is 11.5 Å². The van der Waals surface area contributed by atoms with Crippen LogP contribution in [0.2, 0.25) is 0 Å². The number of rotatable bonds is 8. The molecule has 0 aliphatic heterocycles. The first kappa shape index (κ1) is 22.2. The molecule has 0 aliphatic carbocycles. The highest BCUT2D eigenvalue weighted by Crippen LogP contribution is 2.24. The number of hydrogen-bond acceptors (Lipinski definition) is 4. The van der Waals surface area contributed by atoms with Crippen molar-refractivity contribution in [1.29, 1.82) is 0 Å². The predicted octanol–water partition coefficient (Wildman–Crippen LogP) is 5.15. The second-order valence-corrected chi connectivity index (χ2v) is 8.35. The highest BCUT2D eigenvalue weighted by atomic mass is 32.2. The molecule has 7 nitrogen and oxygen atoms in total. The molecule has 0 spiro atoms. The summed E-state index contributed by atoms with van der Waals surface area (Å²) in [6, 6.07) is 21.8. The molecule has 162 valence electrons. The monoisotopic (exact) mass is 439 g/mol. The van der Waals surface area contributed by atoms with Crippen LogP contribution in [0.15, 0.2) is 83.8 Å². The molecule has 0 bridgehead atoms. The Hall–Kier alpha value is -3.52. The Morgan fingerprint density at radius 3 is 1.94 bits per heavy atom. The van der Waals surface area contributed by atoms with E-state index in [0.29, 0.717) is 36.0 Å². The zero-order valence-corrected chi connectivity index (χ0v) is 18.2. The Balaban J connectivity index is 1.64. The van der Waals surface area contributed by atoms with E-state index in [0.717, 1.165) is 0 Å².